The number of aromatic nitrogens is 2. The molecule has 0 aliphatic carbocycles. The third kappa shape index (κ3) is 3.80. The van der Waals surface area contributed by atoms with Crippen molar-refractivity contribution in [1.29, 1.82) is 0 Å². The molecule has 0 atom stereocenters. The molecule has 4 rings (SSSR count). The number of piperazine rings is 1. The van der Waals surface area contributed by atoms with E-state index in [9.17, 15) is 4.39 Å². The fourth-order valence-electron chi connectivity index (χ4n) is 3.51. The Bertz CT molecular complexity index is 725. The van der Waals surface area contributed by atoms with Crippen LogP contribution in [0.2, 0.25) is 0 Å². The van der Waals surface area contributed by atoms with Crippen LogP contribution in [-0.2, 0) is 19.5 Å². The molecule has 6 heteroatoms. The van der Waals surface area contributed by atoms with Crippen LogP contribution < -0.4 is 4.90 Å². The molecule has 132 valence electrons. The van der Waals surface area contributed by atoms with Gasteiger partial charge in [-0.2, -0.15) is 0 Å². The maximum atomic E-state index is 13.0. The summed E-state index contributed by atoms with van der Waals surface area (Å²) in [6.07, 6.45) is 2.94. The quantitative estimate of drug-likeness (QED) is 0.852. The van der Waals surface area contributed by atoms with Gasteiger partial charge in [-0.3, -0.25) is 4.90 Å². The summed E-state index contributed by atoms with van der Waals surface area (Å²) in [7, 11) is 2.15. The van der Waals surface area contributed by atoms with Crippen molar-refractivity contribution in [2.75, 3.05) is 44.7 Å². The second kappa shape index (κ2) is 7.06. The first-order chi connectivity index (χ1) is 12.2. The number of benzene rings is 1. The summed E-state index contributed by atoms with van der Waals surface area (Å²) in [5.41, 5.74) is 3.53. The first-order valence-electron chi connectivity index (χ1n) is 8.92. The van der Waals surface area contributed by atoms with E-state index >= 15 is 0 Å². The molecule has 0 bridgehead atoms. The molecule has 2 aromatic rings. The van der Waals surface area contributed by atoms with E-state index in [2.05, 4.69) is 26.7 Å². The van der Waals surface area contributed by atoms with E-state index in [0.717, 1.165) is 63.7 Å². The van der Waals surface area contributed by atoms with E-state index in [1.807, 2.05) is 18.3 Å². The third-order valence-electron chi connectivity index (χ3n) is 5.11. The van der Waals surface area contributed by atoms with E-state index in [0.29, 0.717) is 0 Å². The Kier molecular flexibility index (Phi) is 4.63. The molecular weight excluding hydrogens is 317 g/mol. The van der Waals surface area contributed by atoms with Crippen molar-refractivity contribution < 1.29 is 4.39 Å². The summed E-state index contributed by atoms with van der Waals surface area (Å²) in [5, 5.41) is 0. The molecule has 5 nitrogen and oxygen atoms in total. The Labute approximate surface area is 148 Å². The minimum Gasteiger partial charge on any atom is -0.338 e. The molecule has 1 fully saturated rings. The van der Waals surface area contributed by atoms with Crippen molar-refractivity contribution in [3.8, 4) is 0 Å². The summed E-state index contributed by atoms with van der Waals surface area (Å²) >= 11 is 0. The zero-order chi connectivity index (χ0) is 17.2. The number of rotatable bonds is 3. The lowest BCUT2D eigenvalue weighted by atomic mass is 10.1. The molecule has 0 radical (unpaired) electrons. The van der Waals surface area contributed by atoms with E-state index in [1.165, 1.54) is 23.4 Å². The highest BCUT2D eigenvalue weighted by Gasteiger charge is 2.21. The SMILES string of the molecule is CN1CCN(c2ncc3c(n2)CCN(Cc2ccc(F)cc2)C3)CC1. The molecule has 0 N–H and O–H groups in total. The van der Waals surface area contributed by atoms with Crippen molar-refractivity contribution in [2.45, 2.75) is 19.5 Å². The van der Waals surface area contributed by atoms with Gasteiger partial charge in [0.05, 0.1) is 5.69 Å². The van der Waals surface area contributed by atoms with Crippen LogP contribution in [0.5, 0.6) is 0 Å². The first kappa shape index (κ1) is 16.4. The normalized spacial score (nSPS) is 19.0. The maximum Gasteiger partial charge on any atom is 0.225 e. The number of fused-ring (bicyclic) bond motifs is 1. The molecule has 1 aromatic carbocycles. The van der Waals surface area contributed by atoms with Crippen LogP contribution in [0.1, 0.15) is 16.8 Å². The van der Waals surface area contributed by atoms with Crippen LogP contribution in [0, 0.1) is 5.82 Å². The topological polar surface area (TPSA) is 35.5 Å². The van der Waals surface area contributed by atoms with E-state index in [1.54, 1.807) is 0 Å². The number of nitrogens with zero attached hydrogens (tertiary/aromatic N) is 5. The van der Waals surface area contributed by atoms with Crippen LogP contribution in [0.25, 0.3) is 0 Å². The first-order valence-corrected chi connectivity index (χ1v) is 8.92. The predicted molar refractivity (Wildman–Crippen MR) is 96.0 cm³/mol. The predicted octanol–water partition coefficient (Wildman–Crippen LogP) is 1.93. The van der Waals surface area contributed by atoms with Crippen molar-refractivity contribution in [2.24, 2.45) is 0 Å². The Morgan fingerprint density at radius 3 is 2.56 bits per heavy atom. The molecular formula is C19H24FN5. The molecule has 25 heavy (non-hydrogen) atoms. The van der Waals surface area contributed by atoms with Gasteiger partial charge in [0.2, 0.25) is 5.95 Å². The molecule has 3 heterocycles. The van der Waals surface area contributed by atoms with Crippen LogP contribution in [0.4, 0.5) is 10.3 Å². The Morgan fingerprint density at radius 2 is 1.80 bits per heavy atom. The highest BCUT2D eigenvalue weighted by atomic mass is 19.1. The smallest absolute Gasteiger partial charge is 0.225 e. The van der Waals surface area contributed by atoms with Gasteiger partial charge in [0, 0.05) is 64.0 Å². The highest BCUT2D eigenvalue weighted by Crippen LogP contribution is 2.21. The van der Waals surface area contributed by atoms with E-state index in [4.69, 9.17) is 4.98 Å². The maximum absolute atomic E-state index is 13.0. The molecule has 0 unspecified atom stereocenters. The lowest BCUT2D eigenvalue weighted by Gasteiger charge is -2.33. The molecule has 0 spiro atoms. The molecule has 0 amide bonds. The molecule has 2 aliphatic rings. The van der Waals surface area contributed by atoms with Gasteiger partial charge in [-0.05, 0) is 24.7 Å². The Balaban J connectivity index is 1.42. The second-order valence-electron chi connectivity index (χ2n) is 7.02. The number of anilines is 1. The van der Waals surface area contributed by atoms with Crippen LogP contribution in [0.3, 0.4) is 0 Å². The number of halogens is 1. The minimum absolute atomic E-state index is 0.183. The van der Waals surface area contributed by atoms with Crippen molar-refractivity contribution in [3.05, 3.63) is 53.1 Å². The van der Waals surface area contributed by atoms with Gasteiger partial charge in [0.25, 0.3) is 0 Å². The van der Waals surface area contributed by atoms with E-state index < -0.39 is 0 Å². The van der Waals surface area contributed by atoms with Crippen molar-refractivity contribution in [3.63, 3.8) is 0 Å². The third-order valence-corrected chi connectivity index (χ3v) is 5.11. The van der Waals surface area contributed by atoms with Gasteiger partial charge in [0.1, 0.15) is 5.82 Å². The Hall–Kier alpha value is -2.05. The summed E-state index contributed by atoms with van der Waals surface area (Å²) in [6.45, 7) is 6.77. The summed E-state index contributed by atoms with van der Waals surface area (Å²) in [5.74, 6) is 0.691. The zero-order valence-electron chi connectivity index (χ0n) is 14.7. The fraction of sp³-hybridized carbons (Fsp3) is 0.474. The van der Waals surface area contributed by atoms with Crippen LogP contribution in [0.15, 0.2) is 30.5 Å². The summed E-state index contributed by atoms with van der Waals surface area (Å²) in [4.78, 5) is 16.4. The lowest BCUT2D eigenvalue weighted by Crippen LogP contribution is -2.45. The Morgan fingerprint density at radius 1 is 1.04 bits per heavy atom. The fourth-order valence-corrected chi connectivity index (χ4v) is 3.51. The van der Waals surface area contributed by atoms with E-state index in [-0.39, 0.29) is 5.82 Å². The molecule has 1 saturated heterocycles. The minimum atomic E-state index is -0.183. The van der Waals surface area contributed by atoms with Gasteiger partial charge in [-0.1, -0.05) is 12.1 Å². The number of hydrogen-bond donors (Lipinski definition) is 0. The van der Waals surface area contributed by atoms with Crippen molar-refractivity contribution in [1.82, 2.24) is 19.8 Å². The number of likely N-dealkylation sites (N-methyl/N-ethyl adjacent to an activating group) is 1. The monoisotopic (exact) mass is 341 g/mol. The van der Waals surface area contributed by atoms with Gasteiger partial charge >= 0.3 is 0 Å². The van der Waals surface area contributed by atoms with Crippen LogP contribution in [-0.4, -0.2) is 59.5 Å². The van der Waals surface area contributed by atoms with Gasteiger partial charge < -0.3 is 9.80 Å². The molecule has 2 aliphatic heterocycles. The molecule has 0 saturated carbocycles. The summed E-state index contributed by atoms with van der Waals surface area (Å²) in [6, 6.07) is 6.77. The van der Waals surface area contributed by atoms with Gasteiger partial charge in [-0.15, -0.1) is 0 Å². The largest absolute Gasteiger partial charge is 0.338 e. The average molecular weight is 341 g/mol. The highest BCUT2D eigenvalue weighted by molar-refractivity contribution is 5.35. The average Bonchev–Trinajstić information content (AvgIpc) is 2.64. The van der Waals surface area contributed by atoms with Crippen LogP contribution >= 0.6 is 0 Å². The lowest BCUT2D eigenvalue weighted by molar-refractivity contribution is 0.242. The molecule has 1 aromatic heterocycles. The standard InChI is InChI=1S/C19H24FN5/c1-23-8-10-25(11-9-23)19-21-12-16-14-24(7-6-18(16)22-19)13-15-2-4-17(20)5-3-15/h2-5,12H,6-11,13-14H2,1H3. The van der Waals surface area contributed by atoms with Gasteiger partial charge in [-0.25, -0.2) is 14.4 Å². The zero-order valence-corrected chi connectivity index (χ0v) is 14.7. The van der Waals surface area contributed by atoms with Crippen molar-refractivity contribution >= 4 is 5.95 Å². The summed E-state index contributed by atoms with van der Waals surface area (Å²) < 4.78 is 13.0. The second-order valence-corrected chi connectivity index (χ2v) is 7.02. The number of hydrogen-bond acceptors (Lipinski definition) is 5. The van der Waals surface area contributed by atoms with Gasteiger partial charge in [0.15, 0.2) is 0 Å².